The molecule has 0 atom stereocenters. The van der Waals surface area contributed by atoms with Crippen LogP contribution in [0.4, 0.5) is 5.69 Å². The normalized spacial score (nSPS) is 15.6. The quantitative estimate of drug-likeness (QED) is 0.188. The summed E-state index contributed by atoms with van der Waals surface area (Å²) in [5, 5.41) is 2.01. The minimum Gasteiger partial charge on any atom is -0.486 e. The fourth-order valence-electron chi connectivity index (χ4n) is 3.64. The van der Waals surface area contributed by atoms with Crippen molar-refractivity contribution in [1.82, 2.24) is 4.90 Å². The molecular weight excluding hydrogens is 631 g/mol. The van der Waals surface area contributed by atoms with Gasteiger partial charge in [-0.15, -0.1) is 0 Å². The van der Waals surface area contributed by atoms with Crippen LogP contribution < -0.4 is 4.74 Å². The molecule has 10 heteroatoms. The molecule has 0 N–H and O–H groups in total. The molecule has 5 rings (SSSR count). The second-order valence-corrected chi connectivity index (χ2v) is 11.3. The molecule has 1 aliphatic rings. The van der Waals surface area contributed by atoms with E-state index in [1.165, 1.54) is 11.8 Å². The Morgan fingerprint density at radius 1 is 1.00 bits per heavy atom. The van der Waals surface area contributed by atoms with E-state index < -0.39 is 0 Å². The second-order valence-electron chi connectivity index (χ2n) is 8.15. The first kappa shape index (κ1) is 26.9. The zero-order valence-corrected chi connectivity index (χ0v) is 24.2. The molecule has 0 spiro atoms. The van der Waals surface area contributed by atoms with E-state index >= 15 is 0 Å². The van der Waals surface area contributed by atoms with E-state index in [0.29, 0.717) is 41.1 Å². The van der Waals surface area contributed by atoms with Crippen LogP contribution in [0.5, 0.6) is 5.75 Å². The number of amides is 1. The number of hydrogen-bond donors (Lipinski definition) is 0. The van der Waals surface area contributed by atoms with Crippen molar-refractivity contribution in [2.75, 3.05) is 0 Å². The summed E-state index contributed by atoms with van der Waals surface area (Å²) in [5.74, 6) is 0.955. The highest BCUT2D eigenvalue weighted by Gasteiger charge is 2.34. The summed E-state index contributed by atoms with van der Waals surface area (Å²) >= 11 is 23.6. The van der Waals surface area contributed by atoms with Gasteiger partial charge in [-0.05, 0) is 87.9 Å². The van der Waals surface area contributed by atoms with Crippen molar-refractivity contribution in [1.29, 1.82) is 0 Å². The van der Waals surface area contributed by atoms with Crippen LogP contribution in [0.25, 0.3) is 6.08 Å². The van der Waals surface area contributed by atoms with E-state index in [2.05, 4.69) is 15.9 Å². The third-order valence-electron chi connectivity index (χ3n) is 5.47. The number of benzene rings is 3. The van der Waals surface area contributed by atoms with Crippen LogP contribution in [0.2, 0.25) is 15.1 Å². The van der Waals surface area contributed by atoms with E-state index in [9.17, 15) is 4.79 Å². The van der Waals surface area contributed by atoms with E-state index in [0.717, 1.165) is 16.8 Å². The molecule has 1 amide bonds. The highest BCUT2D eigenvalue weighted by atomic mass is 79.9. The first-order valence-corrected chi connectivity index (χ1v) is 14.0. The Labute approximate surface area is 247 Å². The Balaban J connectivity index is 1.40. The number of nitrogens with zero attached hydrogens (tertiary/aromatic N) is 2. The largest absolute Gasteiger partial charge is 0.486 e. The van der Waals surface area contributed by atoms with Gasteiger partial charge in [-0.25, -0.2) is 4.99 Å². The lowest BCUT2D eigenvalue weighted by atomic mass is 10.2. The van der Waals surface area contributed by atoms with Gasteiger partial charge >= 0.3 is 0 Å². The van der Waals surface area contributed by atoms with Gasteiger partial charge in [-0.3, -0.25) is 9.69 Å². The van der Waals surface area contributed by atoms with Crippen molar-refractivity contribution in [3.8, 4) is 5.75 Å². The maximum Gasteiger partial charge on any atom is 0.267 e. The van der Waals surface area contributed by atoms with Crippen molar-refractivity contribution in [3.05, 3.63) is 120 Å². The number of carbonyl (C=O) groups is 1. The topological polar surface area (TPSA) is 55.0 Å². The minimum absolute atomic E-state index is 0.175. The maximum absolute atomic E-state index is 13.4. The number of amidine groups is 1. The minimum atomic E-state index is -0.175. The standard InChI is InChI=1S/C28H18BrCl3N2O3S/c29-22-11-17(12-24(32)26(22)37-16-18-8-9-19(30)14-23(18)31)13-25-27(35)34(15-21-7-4-10-36-21)28(38-25)33-20-5-2-1-3-6-20/h1-14H,15-16H2/b25-13-,33-28?. The Kier molecular flexibility index (Phi) is 8.51. The van der Waals surface area contributed by atoms with Gasteiger partial charge in [0.25, 0.3) is 5.91 Å². The summed E-state index contributed by atoms with van der Waals surface area (Å²) in [6.07, 6.45) is 3.37. The van der Waals surface area contributed by atoms with Gasteiger partial charge in [0.05, 0.1) is 32.9 Å². The van der Waals surface area contributed by atoms with E-state index in [4.69, 9.17) is 48.9 Å². The maximum atomic E-state index is 13.4. The molecule has 0 unspecified atom stereocenters. The molecule has 4 aromatic rings. The van der Waals surface area contributed by atoms with Crippen molar-refractivity contribution in [2.24, 2.45) is 4.99 Å². The summed E-state index contributed by atoms with van der Waals surface area (Å²) in [6.45, 7) is 0.483. The summed E-state index contributed by atoms with van der Waals surface area (Å²) in [5.41, 5.74) is 2.26. The monoisotopic (exact) mass is 646 g/mol. The molecule has 0 saturated carbocycles. The number of carbonyl (C=O) groups excluding carboxylic acids is 1. The molecular formula is C28H18BrCl3N2O3S. The summed E-state index contributed by atoms with van der Waals surface area (Å²) in [7, 11) is 0. The number of para-hydroxylation sites is 1. The van der Waals surface area contributed by atoms with Crippen LogP contribution in [0.15, 0.2) is 97.8 Å². The Morgan fingerprint density at radius 2 is 1.82 bits per heavy atom. The SMILES string of the molecule is O=C1/C(=C/c2cc(Cl)c(OCc3ccc(Cl)cc3Cl)c(Br)c2)SC(=Nc2ccccc2)N1Cc1ccco1. The highest BCUT2D eigenvalue weighted by molar-refractivity contribution is 9.10. The van der Waals surface area contributed by atoms with Crippen LogP contribution >= 0.6 is 62.5 Å². The van der Waals surface area contributed by atoms with E-state index in [-0.39, 0.29) is 19.1 Å². The lowest BCUT2D eigenvalue weighted by molar-refractivity contribution is -0.122. The van der Waals surface area contributed by atoms with Crippen molar-refractivity contribution in [2.45, 2.75) is 13.2 Å². The zero-order chi connectivity index (χ0) is 26.6. The third kappa shape index (κ3) is 6.30. The fraction of sp³-hybridized carbons (Fsp3) is 0.0714. The molecule has 1 aliphatic heterocycles. The summed E-state index contributed by atoms with van der Waals surface area (Å²) in [4.78, 5) is 20.2. The first-order valence-electron chi connectivity index (χ1n) is 11.3. The lowest BCUT2D eigenvalue weighted by Gasteiger charge is -2.14. The van der Waals surface area contributed by atoms with Gasteiger partial charge < -0.3 is 9.15 Å². The molecule has 38 heavy (non-hydrogen) atoms. The summed E-state index contributed by atoms with van der Waals surface area (Å²) < 4.78 is 12.1. The summed E-state index contributed by atoms with van der Waals surface area (Å²) in [6, 6.07) is 21.9. The second kappa shape index (κ2) is 12.0. The van der Waals surface area contributed by atoms with Gasteiger partial charge in [-0.2, -0.15) is 0 Å². The number of hydrogen-bond acceptors (Lipinski definition) is 5. The van der Waals surface area contributed by atoms with Crippen LogP contribution in [-0.4, -0.2) is 16.0 Å². The van der Waals surface area contributed by atoms with Crippen LogP contribution in [0.3, 0.4) is 0 Å². The van der Waals surface area contributed by atoms with Gasteiger partial charge in [0, 0.05) is 15.6 Å². The average Bonchev–Trinajstić information content (AvgIpc) is 3.50. The van der Waals surface area contributed by atoms with Crippen LogP contribution in [0.1, 0.15) is 16.9 Å². The van der Waals surface area contributed by atoms with Gasteiger partial charge in [0.15, 0.2) is 10.9 Å². The number of thioether (sulfide) groups is 1. The molecule has 5 nitrogen and oxygen atoms in total. The van der Waals surface area contributed by atoms with Crippen molar-refractivity contribution >= 4 is 85.3 Å². The smallest absolute Gasteiger partial charge is 0.267 e. The van der Waals surface area contributed by atoms with Crippen LogP contribution in [0, 0.1) is 0 Å². The van der Waals surface area contributed by atoms with E-state index in [1.807, 2.05) is 42.5 Å². The number of rotatable bonds is 7. The first-order chi connectivity index (χ1) is 18.4. The fourth-order valence-corrected chi connectivity index (χ4v) is 6.09. The van der Waals surface area contributed by atoms with Gasteiger partial charge in [-0.1, -0.05) is 59.1 Å². The van der Waals surface area contributed by atoms with E-state index in [1.54, 1.807) is 47.6 Å². The Morgan fingerprint density at radius 3 is 2.53 bits per heavy atom. The Hall–Kier alpha value is -2.68. The average molecular weight is 649 g/mol. The zero-order valence-electron chi connectivity index (χ0n) is 19.5. The highest BCUT2D eigenvalue weighted by Crippen LogP contribution is 2.39. The molecule has 1 saturated heterocycles. The van der Waals surface area contributed by atoms with Crippen molar-refractivity contribution in [3.63, 3.8) is 0 Å². The number of ether oxygens (including phenoxy) is 1. The number of aliphatic imine (C=N–C) groups is 1. The van der Waals surface area contributed by atoms with Crippen molar-refractivity contribution < 1.29 is 13.9 Å². The molecule has 192 valence electrons. The predicted molar refractivity (Wildman–Crippen MR) is 158 cm³/mol. The molecule has 2 heterocycles. The predicted octanol–water partition coefficient (Wildman–Crippen LogP) is 9.39. The number of furan rings is 1. The Bertz CT molecular complexity index is 1520. The molecule has 1 aromatic heterocycles. The molecule has 3 aromatic carbocycles. The van der Waals surface area contributed by atoms with Gasteiger partial charge in [0.1, 0.15) is 12.4 Å². The third-order valence-corrected chi connectivity index (χ3v) is 7.93. The lowest BCUT2D eigenvalue weighted by Crippen LogP contribution is -2.28. The molecule has 0 aliphatic carbocycles. The number of halogens is 4. The van der Waals surface area contributed by atoms with Crippen LogP contribution in [-0.2, 0) is 17.9 Å². The molecule has 1 fully saturated rings. The van der Waals surface area contributed by atoms with Gasteiger partial charge in [0.2, 0.25) is 0 Å². The molecule has 0 bridgehead atoms. The molecule has 0 radical (unpaired) electrons.